The van der Waals surface area contributed by atoms with E-state index >= 15 is 0 Å². The first-order valence-electron chi connectivity index (χ1n) is 6.83. The van der Waals surface area contributed by atoms with Crippen molar-refractivity contribution >= 4 is 11.8 Å². The van der Waals surface area contributed by atoms with Crippen LogP contribution in [0.15, 0.2) is 16.5 Å². The molecule has 4 heteroatoms. The van der Waals surface area contributed by atoms with Gasteiger partial charge in [-0.2, -0.15) is 11.8 Å². The number of rotatable bonds is 4. The molecule has 0 spiro atoms. The van der Waals surface area contributed by atoms with E-state index in [2.05, 4.69) is 37.8 Å². The Kier molecular flexibility index (Phi) is 4.76. The molecule has 102 valence electrons. The average molecular weight is 268 g/mol. The van der Waals surface area contributed by atoms with Crippen LogP contribution in [0.3, 0.4) is 0 Å². The first kappa shape index (κ1) is 14.0. The Morgan fingerprint density at radius 1 is 1.50 bits per heavy atom. The van der Waals surface area contributed by atoms with E-state index in [1.165, 1.54) is 5.75 Å². The second-order valence-electron chi connectivity index (χ2n) is 4.96. The molecule has 2 heterocycles. The van der Waals surface area contributed by atoms with E-state index in [9.17, 15) is 0 Å². The molecule has 0 aromatic carbocycles. The van der Waals surface area contributed by atoms with E-state index in [1.54, 1.807) is 0 Å². The van der Waals surface area contributed by atoms with Gasteiger partial charge in [0.15, 0.2) is 0 Å². The van der Waals surface area contributed by atoms with Crippen molar-refractivity contribution < 1.29 is 4.42 Å². The van der Waals surface area contributed by atoms with Crippen LogP contribution in [0, 0.1) is 0 Å². The van der Waals surface area contributed by atoms with Crippen LogP contribution in [0.2, 0.25) is 0 Å². The lowest BCUT2D eigenvalue weighted by Crippen LogP contribution is -2.48. The quantitative estimate of drug-likeness (QED) is 0.911. The first-order valence-corrected chi connectivity index (χ1v) is 7.88. The molecule has 0 bridgehead atoms. The molecular weight excluding hydrogens is 244 g/mol. The largest absolute Gasteiger partial charge is 0.464 e. The standard InChI is InChI=1S/C14H24N2OS/c1-4-12-5-6-14(17-12)13(9-15)16-7-8-18-11(3)10(16)2/h5-6,10-11,13H,4,7-9,15H2,1-3H3. The highest BCUT2D eigenvalue weighted by molar-refractivity contribution is 8.00. The molecular formula is C14H24N2OS. The van der Waals surface area contributed by atoms with Crippen molar-refractivity contribution in [1.29, 1.82) is 0 Å². The van der Waals surface area contributed by atoms with Gasteiger partial charge in [-0.1, -0.05) is 13.8 Å². The minimum absolute atomic E-state index is 0.226. The first-order chi connectivity index (χ1) is 8.67. The molecule has 1 fully saturated rings. The van der Waals surface area contributed by atoms with Crippen molar-refractivity contribution in [2.45, 2.75) is 44.5 Å². The van der Waals surface area contributed by atoms with Crippen molar-refractivity contribution in [1.82, 2.24) is 4.90 Å². The summed E-state index contributed by atoms with van der Waals surface area (Å²) in [6, 6.07) is 4.94. The molecule has 0 radical (unpaired) electrons. The molecule has 1 aromatic rings. The predicted molar refractivity (Wildman–Crippen MR) is 78.0 cm³/mol. The van der Waals surface area contributed by atoms with Crippen molar-refractivity contribution in [3.05, 3.63) is 23.7 Å². The van der Waals surface area contributed by atoms with Crippen LogP contribution in [-0.2, 0) is 6.42 Å². The number of hydrogen-bond acceptors (Lipinski definition) is 4. The van der Waals surface area contributed by atoms with Gasteiger partial charge in [0.05, 0.1) is 6.04 Å². The summed E-state index contributed by atoms with van der Waals surface area (Å²) in [4.78, 5) is 2.50. The molecule has 0 saturated carbocycles. The maximum absolute atomic E-state index is 5.99. The molecule has 1 aromatic heterocycles. The summed E-state index contributed by atoms with van der Waals surface area (Å²) in [6.07, 6.45) is 0.944. The van der Waals surface area contributed by atoms with Crippen LogP contribution in [0.1, 0.15) is 38.3 Å². The minimum atomic E-state index is 0.226. The van der Waals surface area contributed by atoms with Gasteiger partial charge >= 0.3 is 0 Å². The number of hydrogen-bond donors (Lipinski definition) is 1. The third-order valence-electron chi connectivity index (χ3n) is 3.92. The van der Waals surface area contributed by atoms with Crippen LogP contribution in [-0.4, -0.2) is 35.0 Å². The zero-order chi connectivity index (χ0) is 13.1. The van der Waals surface area contributed by atoms with Gasteiger partial charge in [0.1, 0.15) is 11.5 Å². The van der Waals surface area contributed by atoms with Crippen molar-refractivity contribution in [3.63, 3.8) is 0 Å². The summed E-state index contributed by atoms with van der Waals surface area (Å²) < 4.78 is 5.89. The Morgan fingerprint density at radius 2 is 2.28 bits per heavy atom. The molecule has 3 atom stereocenters. The fraction of sp³-hybridized carbons (Fsp3) is 0.714. The SMILES string of the molecule is CCc1ccc(C(CN)N2CCSC(C)C2C)o1. The van der Waals surface area contributed by atoms with E-state index in [4.69, 9.17) is 10.2 Å². The van der Waals surface area contributed by atoms with Crippen LogP contribution in [0.5, 0.6) is 0 Å². The molecule has 2 N–H and O–H groups in total. The summed E-state index contributed by atoms with van der Waals surface area (Å²) in [7, 11) is 0. The third kappa shape index (κ3) is 2.76. The number of nitrogens with two attached hydrogens (primary N) is 1. The summed E-state index contributed by atoms with van der Waals surface area (Å²) in [6.45, 7) is 8.43. The fourth-order valence-electron chi connectivity index (χ4n) is 2.57. The summed E-state index contributed by atoms with van der Waals surface area (Å²) in [5.41, 5.74) is 5.99. The highest BCUT2D eigenvalue weighted by Crippen LogP contribution is 2.32. The minimum Gasteiger partial charge on any atom is -0.464 e. The lowest BCUT2D eigenvalue weighted by Gasteiger charge is -2.41. The summed E-state index contributed by atoms with van der Waals surface area (Å²) in [5, 5.41) is 0.661. The topological polar surface area (TPSA) is 42.4 Å². The van der Waals surface area contributed by atoms with Gasteiger partial charge in [-0.25, -0.2) is 0 Å². The summed E-state index contributed by atoms with van der Waals surface area (Å²) in [5.74, 6) is 3.26. The summed E-state index contributed by atoms with van der Waals surface area (Å²) >= 11 is 2.05. The lowest BCUT2D eigenvalue weighted by molar-refractivity contribution is 0.133. The lowest BCUT2D eigenvalue weighted by atomic mass is 10.1. The van der Waals surface area contributed by atoms with Gasteiger partial charge < -0.3 is 10.2 Å². The van der Waals surface area contributed by atoms with Gasteiger partial charge in [-0.3, -0.25) is 4.90 Å². The van der Waals surface area contributed by atoms with Crippen LogP contribution < -0.4 is 5.73 Å². The highest BCUT2D eigenvalue weighted by Gasteiger charge is 2.32. The number of thioether (sulfide) groups is 1. The molecule has 0 aliphatic carbocycles. The van der Waals surface area contributed by atoms with E-state index in [1.807, 2.05) is 11.8 Å². The Labute approximate surface area is 114 Å². The van der Waals surface area contributed by atoms with Crippen molar-refractivity contribution in [3.8, 4) is 0 Å². The number of furan rings is 1. The van der Waals surface area contributed by atoms with Crippen LogP contribution in [0.4, 0.5) is 0 Å². The Hall–Kier alpha value is -0.450. The smallest absolute Gasteiger partial charge is 0.122 e. The molecule has 3 nitrogen and oxygen atoms in total. The second kappa shape index (κ2) is 6.13. The Balaban J connectivity index is 2.16. The van der Waals surface area contributed by atoms with Gasteiger partial charge in [0.2, 0.25) is 0 Å². The Bertz CT molecular complexity index is 380. The molecule has 3 unspecified atom stereocenters. The monoisotopic (exact) mass is 268 g/mol. The van der Waals surface area contributed by atoms with E-state index in [0.29, 0.717) is 17.8 Å². The van der Waals surface area contributed by atoms with Gasteiger partial charge in [-0.05, 0) is 19.1 Å². The Morgan fingerprint density at radius 3 is 2.89 bits per heavy atom. The fourth-order valence-corrected chi connectivity index (χ4v) is 3.70. The predicted octanol–water partition coefficient (Wildman–Crippen LogP) is 2.67. The van der Waals surface area contributed by atoms with Crippen molar-refractivity contribution in [2.75, 3.05) is 18.8 Å². The maximum Gasteiger partial charge on any atom is 0.122 e. The molecule has 1 aliphatic heterocycles. The molecule has 1 aliphatic rings. The molecule has 18 heavy (non-hydrogen) atoms. The second-order valence-corrected chi connectivity index (χ2v) is 6.45. The van der Waals surface area contributed by atoms with Gasteiger partial charge in [0, 0.05) is 36.6 Å². The molecule has 0 amide bonds. The van der Waals surface area contributed by atoms with Crippen LogP contribution in [0.25, 0.3) is 0 Å². The van der Waals surface area contributed by atoms with Gasteiger partial charge in [0.25, 0.3) is 0 Å². The maximum atomic E-state index is 5.99. The highest BCUT2D eigenvalue weighted by atomic mass is 32.2. The number of aryl methyl sites for hydroxylation is 1. The van der Waals surface area contributed by atoms with E-state index < -0.39 is 0 Å². The molecule has 1 saturated heterocycles. The molecule has 2 rings (SSSR count). The average Bonchev–Trinajstić information content (AvgIpc) is 2.84. The van der Waals surface area contributed by atoms with Gasteiger partial charge in [-0.15, -0.1) is 0 Å². The van der Waals surface area contributed by atoms with E-state index in [0.717, 1.165) is 24.5 Å². The normalized spacial score (nSPS) is 27.3. The van der Waals surface area contributed by atoms with Crippen LogP contribution >= 0.6 is 11.8 Å². The zero-order valence-corrected chi connectivity index (χ0v) is 12.4. The third-order valence-corrected chi connectivity index (χ3v) is 5.25. The van der Waals surface area contributed by atoms with Crippen molar-refractivity contribution in [2.24, 2.45) is 5.73 Å². The van der Waals surface area contributed by atoms with E-state index in [-0.39, 0.29) is 6.04 Å². The number of nitrogens with zero attached hydrogens (tertiary/aromatic N) is 1. The zero-order valence-electron chi connectivity index (χ0n) is 11.6.